The number of hydrogen-bond donors (Lipinski definition) is 2. The maximum atomic E-state index is 12.9. The molecule has 2 amide bonds. The predicted molar refractivity (Wildman–Crippen MR) is 60.4 cm³/mol. The highest BCUT2D eigenvalue weighted by Crippen LogP contribution is 2.12. The largest absolute Gasteiger partial charge is 0.412 e. The number of nitrogens with one attached hydrogen (secondary N) is 1. The van der Waals surface area contributed by atoms with Crippen LogP contribution in [0.1, 0.15) is 0 Å². The molecule has 98 valence electrons. The van der Waals surface area contributed by atoms with Crippen molar-refractivity contribution in [3.8, 4) is 0 Å². The SMILES string of the molecule is O=C(/N=c1/ccn(O)nc1)Nc1cc(F)cc(F)c1. The molecule has 0 aliphatic rings. The fourth-order valence-electron chi connectivity index (χ4n) is 1.30. The van der Waals surface area contributed by atoms with Gasteiger partial charge in [-0.1, -0.05) is 0 Å². The topological polar surface area (TPSA) is 79.5 Å². The van der Waals surface area contributed by atoms with Gasteiger partial charge in [-0.15, -0.1) is 9.94 Å². The van der Waals surface area contributed by atoms with E-state index >= 15 is 0 Å². The average Bonchev–Trinajstić information content (AvgIpc) is 2.30. The van der Waals surface area contributed by atoms with Gasteiger partial charge in [-0.2, -0.15) is 4.99 Å². The maximum absolute atomic E-state index is 12.9. The summed E-state index contributed by atoms with van der Waals surface area (Å²) in [7, 11) is 0. The van der Waals surface area contributed by atoms with Crippen LogP contribution in [-0.2, 0) is 0 Å². The molecule has 6 nitrogen and oxygen atoms in total. The van der Waals surface area contributed by atoms with Gasteiger partial charge in [0.25, 0.3) is 0 Å². The standard InChI is InChI=1S/C11H8F2N4O2/c12-7-3-8(13)5-10(4-7)16-11(18)15-9-1-2-17(19)14-6-9/h1-6,19H,(H,16,18)/b15-9-. The van der Waals surface area contributed by atoms with Crippen LogP contribution >= 0.6 is 0 Å². The Morgan fingerprint density at radius 3 is 2.58 bits per heavy atom. The van der Waals surface area contributed by atoms with Gasteiger partial charge in [0.1, 0.15) is 11.6 Å². The van der Waals surface area contributed by atoms with Gasteiger partial charge in [-0.3, -0.25) is 0 Å². The Balaban J connectivity index is 2.17. The van der Waals surface area contributed by atoms with Gasteiger partial charge >= 0.3 is 6.03 Å². The van der Waals surface area contributed by atoms with Crippen molar-refractivity contribution < 1.29 is 18.8 Å². The van der Waals surface area contributed by atoms with Crippen LogP contribution in [0.5, 0.6) is 0 Å². The van der Waals surface area contributed by atoms with Gasteiger partial charge < -0.3 is 10.5 Å². The summed E-state index contributed by atoms with van der Waals surface area (Å²) in [5.74, 6) is -1.61. The summed E-state index contributed by atoms with van der Waals surface area (Å²) in [6, 6.07) is 3.12. The van der Waals surface area contributed by atoms with Crippen LogP contribution in [-0.4, -0.2) is 21.2 Å². The smallest absolute Gasteiger partial charge is 0.345 e. The van der Waals surface area contributed by atoms with Crippen molar-refractivity contribution in [3.05, 3.63) is 53.7 Å². The van der Waals surface area contributed by atoms with E-state index < -0.39 is 17.7 Å². The lowest BCUT2D eigenvalue weighted by molar-refractivity contribution is 0.143. The molecule has 0 aliphatic heterocycles. The molecular formula is C11H8F2N4O2. The molecule has 8 heteroatoms. The minimum Gasteiger partial charge on any atom is -0.412 e. The number of anilines is 1. The molecule has 0 radical (unpaired) electrons. The second-order valence-electron chi connectivity index (χ2n) is 3.51. The molecule has 0 aliphatic carbocycles. The fourth-order valence-corrected chi connectivity index (χ4v) is 1.30. The first-order valence-electron chi connectivity index (χ1n) is 5.09. The molecule has 0 saturated heterocycles. The van der Waals surface area contributed by atoms with E-state index in [1.165, 1.54) is 12.3 Å². The Bertz CT molecular complexity index is 644. The summed E-state index contributed by atoms with van der Waals surface area (Å²) in [5, 5.41) is 14.7. The van der Waals surface area contributed by atoms with Crippen LogP contribution in [0.4, 0.5) is 19.3 Å². The monoisotopic (exact) mass is 266 g/mol. The van der Waals surface area contributed by atoms with E-state index in [1.807, 2.05) is 0 Å². The van der Waals surface area contributed by atoms with Crippen molar-refractivity contribution in [1.82, 2.24) is 9.94 Å². The van der Waals surface area contributed by atoms with Crippen molar-refractivity contribution in [1.29, 1.82) is 0 Å². The third-order valence-electron chi connectivity index (χ3n) is 2.03. The van der Waals surface area contributed by atoms with Crippen molar-refractivity contribution >= 4 is 11.7 Å². The molecular weight excluding hydrogens is 258 g/mol. The van der Waals surface area contributed by atoms with Crippen LogP contribution in [0.3, 0.4) is 0 Å². The first kappa shape index (κ1) is 12.7. The number of rotatable bonds is 1. The van der Waals surface area contributed by atoms with Gasteiger partial charge in [0.15, 0.2) is 0 Å². The third kappa shape index (κ3) is 3.60. The number of nitrogens with zero attached hydrogens (tertiary/aromatic N) is 3. The number of carbonyl (C=O) groups is 1. The molecule has 2 aromatic rings. The van der Waals surface area contributed by atoms with Gasteiger partial charge in [0.2, 0.25) is 0 Å². The van der Waals surface area contributed by atoms with Gasteiger partial charge in [-0.25, -0.2) is 13.6 Å². The minimum atomic E-state index is -0.817. The van der Waals surface area contributed by atoms with Crippen LogP contribution in [0.2, 0.25) is 0 Å². The zero-order valence-corrected chi connectivity index (χ0v) is 9.42. The highest BCUT2D eigenvalue weighted by molar-refractivity contribution is 5.89. The molecule has 0 fully saturated rings. The van der Waals surface area contributed by atoms with Crippen LogP contribution < -0.4 is 10.7 Å². The molecule has 2 N–H and O–H groups in total. The lowest BCUT2D eigenvalue weighted by atomic mass is 10.3. The first-order chi connectivity index (χ1) is 9.02. The van der Waals surface area contributed by atoms with Crippen molar-refractivity contribution in [2.45, 2.75) is 0 Å². The molecule has 0 spiro atoms. The number of aromatic nitrogens is 2. The summed E-state index contributed by atoms with van der Waals surface area (Å²) >= 11 is 0. The number of benzene rings is 1. The fraction of sp³-hybridized carbons (Fsp3) is 0. The Labute approximate surface area is 105 Å². The Morgan fingerprint density at radius 1 is 1.32 bits per heavy atom. The van der Waals surface area contributed by atoms with E-state index in [4.69, 9.17) is 5.21 Å². The van der Waals surface area contributed by atoms with E-state index in [1.54, 1.807) is 0 Å². The average molecular weight is 266 g/mol. The lowest BCUT2D eigenvalue weighted by Crippen LogP contribution is -2.14. The van der Waals surface area contributed by atoms with Crippen molar-refractivity contribution in [2.75, 3.05) is 5.32 Å². The number of amides is 2. The predicted octanol–water partition coefficient (Wildman–Crippen LogP) is 1.53. The van der Waals surface area contributed by atoms with Crippen molar-refractivity contribution in [3.63, 3.8) is 0 Å². The van der Waals surface area contributed by atoms with E-state index in [-0.39, 0.29) is 11.0 Å². The molecule has 1 aromatic carbocycles. The minimum absolute atomic E-state index is 0.0487. The molecule has 0 saturated carbocycles. The Morgan fingerprint density at radius 2 is 2.00 bits per heavy atom. The van der Waals surface area contributed by atoms with Crippen LogP contribution in [0, 0.1) is 11.6 Å². The first-order valence-corrected chi connectivity index (χ1v) is 5.09. The quantitative estimate of drug-likeness (QED) is 0.768. The number of halogens is 2. The zero-order valence-electron chi connectivity index (χ0n) is 9.42. The summed E-state index contributed by atoms with van der Waals surface area (Å²) in [6.45, 7) is 0. The number of hydrogen-bond acceptors (Lipinski definition) is 3. The van der Waals surface area contributed by atoms with Crippen LogP contribution in [0.25, 0.3) is 0 Å². The third-order valence-corrected chi connectivity index (χ3v) is 2.03. The zero-order chi connectivity index (χ0) is 13.8. The van der Waals surface area contributed by atoms with E-state index in [0.717, 1.165) is 18.3 Å². The number of urea groups is 1. The van der Waals surface area contributed by atoms with Gasteiger partial charge in [0.05, 0.1) is 17.8 Å². The molecule has 0 unspecified atom stereocenters. The Hall–Kier alpha value is -2.77. The molecule has 0 bridgehead atoms. The van der Waals surface area contributed by atoms with Crippen molar-refractivity contribution in [2.24, 2.45) is 4.99 Å². The van der Waals surface area contributed by atoms with Gasteiger partial charge in [-0.05, 0) is 18.2 Å². The molecule has 2 rings (SSSR count). The summed E-state index contributed by atoms with van der Waals surface area (Å²) in [4.78, 5) is 15.6. The van der Waals surface area contributed by atoms with Gasteiger partial charge in [0, 0.05) is 11.8 Å². The second-order valence-corrected chi connectivity index (χ2v) is 3.51. The Kier molecular flexibility index (Phi) is 3.51. The molecule has 1 aromatic heterocycles. The summed E-state index contributed by atoms with van der Waals surface area (Å²) in [6.07, 6.45) is 2.32. The second kappa shape index (κ2) is 5.25. The molecule has 19 heavy (non-hydrogen) atoms. The number of carbonyl (C=O) groups excluding carboxylic acids is 1. The highest BCUT2D eigenvalue weighted by Gasteiger charge is 2.03. The van der Waals surface area contributed by atoms with E-state index in [9.17, 15) is 13.6 Å². The normalized spacial score (nSPS) is 11.4. The highest BCUT2D eigenvalue weighted by atomic mass is 19.1. The van der Waals surface area contributed by atoms with E-state index in [0.29, 0.717) is 10.9 Å². The lowest BCUT2D eigenvalue weighted by Gasteiger charge is -2.01. The maximum Gasteiger partial charge on any atom is 0.345 e. The molecule has 1 heterocycles. The van der Waals surface area contributed by atoms with Crippen LogP contribution in [0.15, 0.2) is 41.7 Å². The molecule has 0 atom stereocenters. The summed E-state index contributed by atoms with van der Waals surface area (Å²) in [5.41, 5.74) is -0.0487. The van der Waals surface area contributed by atoms with E-state index in [2.05, 4.69) is 15.4 Å². The summed E-state index contributed by atoms with van der Waals surface area (Å²) < 4.78 is 25.8.